The van der Waals surface area contributed by atoms with Crippen LogP contribution < -0.4 is 4.90 Å². The van der Waals surface area contributed by atoms with Crippen LogP contribution in [0.4, 0.5) is 5.69 Å². The van der Waals surface area contributed by atoms with Crippen LogP contribution in [0.25, 0.3) is 0 Å². The van der Waals surface area contributed by atoms with Gasteiger partial charge in [-0.2, -0.15) is 5.26 Å². The molecule has 0 N–H and O–H groups in total. The Hall–Kier alpha value is -2.09. The SMILES string of the molecule is CCC(=O)N1CCN(c2cccnc2C#N)CC1. The molecule has 5 nitrogen and oxygen atoms in total. The lowest BCUT2D eigenvalue weighted by Gasteiger charge is -2.36. The van der Waals surface area contributed by atoms with Gasteiger partial charge in [-0.05, 0) is 12.1 Å². The number of piperazine rings is 1. The maximum Gasteiger partial charge on any atom is 0.222 e. The summed E-state index contributed by atoms with van der Waals surface area (Å²) in [6.45, 7) is 4.82. The first kappa shape index (κ1) is 12.4. The van der Waals surface area contributed by atoms with Crippen LogP contribution in [0.15, 0.2) is 18.3 Å². The summed E-state index contributed by atoms with van der Waals surface area (Å²) in [7, 11) is 0. The van der Waals surface area contributed by atoms with E-state index in [-0.39, 0.29) is 5.91 Å². The van der Waals surface area contributed by atoms with Crippen LogP contribution in [0.5, 0.6) is 0 Å². The molecule has 0 aromatic carbocycles. The van der Waals surface area contributed by atoms with Gasteiger partial charge < -0.3 is 9.80 Å². The third-order valence-corrected chi connectivity index (χ3v) is 3.17. The largest absolute Gasteiger partial charge is 0.366 e. The highest BCUT2D eigenvalue weighted by Gasteiger charge is 2.21. The number of nitriles is 1. The van der Waals surface area contributed by atoms with Gasteiger partial charge in [0.15, 0.2) is 5.69 Å². The minimum Gasteiger partial charge on any atom is -0.366 e. The third-order valence-electron chi connectivity index (χ3n) is 3.17. The van der Waals surface area contributed by atoms with Crippen molar-refractivity contribution in [3.8, 4) is 6.07 Å². The van der Waals surface area contributed by atoms with E-state index in [9.17, 15) is 4.79 Å². The molecule has 1 fully saturated rings. The Balaban J connectivity index is 2.06. The molecule has 0 bridgehead atoms. The van der Waals surface area contributed by atoms with Gasteiger partial charge >= 0.3 is 0 Å². The van der Waals surface area contributed by atoms with Crippen molar-refractivity contribution in [3.05, 3.63) is 24.0 Å². The van der Waals surface area contributed by atoms with Crippen LogP contribution >= 0.6 is 0 Å². The van der Waals surface area contributed by atoms with Crippen LogP contribution in [0.2, 0.25) is 0 Å². The summed E-state index contributed by atoms with van der Waals surface area (Å²) >= 11 is 0. The fourth-order valence-corrected chi connectivity index (χ4v) is 2.16. The zero-order chi connectivity index (χ0) is 13.0. The Labute approximate surface area is 107 Å². The van der Waals surface area contributed by atoms with E-state index in [4.69, 9.17) is 5.26 Å². The highest BCUT2D eigenvalue weighted by atomic mass is 16.2. The number of pyridine rings is 1. The molecule has 5 heteroatoms. The number of rotatable bonds is 2. The van der Waals surface area contributed by atoms with E-state index in [2.05, 4.69) is 16.0 Å². The van der Waals surface area contributed by atoms with E-state index in [0.29, 0.717) is 25.2 Å². The Bertz CT molecular complexity index is 472. The van der Waals surface area contributed by atoms with Crippen molar-refractivity contribution >= 4 is 11.6 Å². The molecule has 1 aromatic rings. The first-order valence-electron chi connectivity index (χ1n) is 6.14. The van der Waals surface area contributed by atoms with Gasteiger partial charge in [-0.25, -0.2) is 4.98 Å². The summed E-state index contributed by atoms with van der Waals surface area (Å²) in [5.74, 6) is 0.196. The van der Waals surface area contributed by atoms with Crippen molar-refractivity contribution in [2.75, 3.05) is 31.1 Å². The van der Waals surface area contributed by atoms with Crippen LogP contribution in [-0.2, 0) is 4.79 Å². The number of carbonyl (C=O) groups is 1. The number of anilines is 1. The minimum absolute atomic E-state index is 0.196. The van der Waals surface area contributed by atoms with Gasteiger partial charge in [-0.15, -0.1) is 0 Å². The molecule has 2 heterocycles. The van der Waals surface area contributed by atoms with Gasteiger partial charge in [-0.3, -0.25) is 4.79 Å². The van der Waals surface area contributed by atoms with Gasteiger partial charge in [0.25, 0.3) is 0 Å². The van der Waals surface area contributed by atoms with E-state index >= 15 is 0 Å². The number of carbonyl (C=O) groups excluding carboxylic acids is 1. The zero-order valence-electron chi connectivity index (χ0n) is 10.5. The minimum atomic E-state index is 0.196. The standard InChI is InChI=1S/C13H16N4O/c1-2-13(18)17-8-6-16(7-9-17)12-4-3-5-15-11(12)10-14/h3-5H,2,6-9H2,1H3. The lowest BCUT2D eigenvalue weighted by molar-refractivity contribution is -0.131. The summed E-state index contributed by atoms with van der Waals surface area (Å²) in [5.41, 5.74) is 1.32. The zero-order valence-corrected chi connectivity index (χ0v) is 10.5. The van der Waals surface area contributed by atoms with Crippen LogP contribution in [0.1, 0.15) is 19.0 Å². The van der Waals surface area contributed by atoms with Crippen LogP contribution in [-0.4, -0.2) is 42.0 Å². The molecule has 0 atom stereocenters. The molecule has 0 saturated carbocycles. The average Bonchev–Trinajstić information content (AvgIpc) is 2.46. The predicted molar refractivity (Wildman–Crippen MR) is 68.0 cm³/mol. The Morgan fingerprint density at radius 1 is 1.44 bits per heavy atom. The first-order chi connectivity index (χ1) is 8.76. The molecule has 1 aromatic heterocycles. The number of amides is 1. The number of hydrogen-bond donors (Lipinski definition) is 0. The number of nitrogens with zero attached hydrogens (tertiary/aromatic N) is 4. The monoisotopic (exact) mass is 244 g/mol. The van der Waals surface area contributed by atoms with Crippen molar-refractivity contribution in [2.24, 2.45) is 0 Å². The average molecular weight is 244 g/mol. The summed E-state index contributed by atoms with van der Waals surface area (Å²) < 4.78 is 0. The Kier molecular flexibility index (Phi) is 3.78. The molecule has 1 amide bonds. The van der Waals surface area contributed by atoms with E-state index in [1.54, 1.807) is 6.20 Å². The second-order valence-electron chi connectivity index (χ2n) is 4.20. The van der Waals surface area contributed by atoms with E-state index in [0.717, 1.165) is 18.8 Å². The first-order valence-corrected chi connectivity index (χ1v) is 6.14. The quantitative estimate of drug-likeness (QED) is 0.779. The fraction of sp³-hybridized carbons (Fsp3) is 0.462. The van der Waals surface area contributed by atoms with Crippen molar-refractivity contribution in [2.45, 2.75) is 13.3 Å². The molecule has 18 heavy (non-hydrogen) atoms. The van der Waals surface area contributed by atoms with E-state index < -0.39 is 0 Å². The van der Waals surface area contributed by atoms with Crippen molar-refractivity contribution in [1.29, 1.82) is 5.26 Å². The number of hydrogen-bond acceptors (Lipinski definition) is 4. The maximum absolute atomic E-state index is 11.6. The molecule has 0 spiro atoms. The second-order valence-corrected chi connectivity index (χ2v) is 4.20. The molecule has 1 aliphatic heterocycles. The smallest absolute Gasteiger partial charge is 0.222 e. The van der Waals surface area contributed by atoms with Crippen LogP contribution in [0.3, 0.4) is 0 Å². The Morgan fingerprint density at radius 3 is 2.78 bits per heavy atom. The molecule has 94 valence electrons. The van der Waals surface area contributed by atoms with Crippen molar-refractivity contribution in [3.63, 3.8) is 0 Å². The molecule has 0 unspecified atom stereocenters. The summed E-state index contributed by atoms with van der Waals surface area (Å²) in [6.07, 6.45) is 2.18. The van der Waals surface area contributed by atoms with Gasteiger partial charge in [0.2, 0.25) is 5.91 Å². The molecule has 0 aliphatic carbocycles. The molecule has 1 aliphatic rings. The normalized spacial score (nSPS) is 15.3. The maximum atomic E-state index is 11.6. The summed E-state index contributed by atoms with van der Waals surface area (Å²) in [5, 5.41) is 9.02. The highest BCUT2D eigenvalue weighted by Crippen LogP contribution is 2.19. The molecular formula is C13H16N4O. The number of aromatic nitrogens is 1. The molecular weight excluding hydrogens is 228 g/mol. The predicted octanol–water partition coefficient (Wildman–Crippen LogP) is 1.01. The third kappa shape index (κ3) is 2.43. The Morgan fingerprint density at radius 2 is 2.17 bits per heavy atom. The van der Waals surface area contributed by atoms with Gasteiger partial charge in [0.05, 0.1) is 5.69 Å². The summed E-state index contributed by atoms with van der Waals surface area (Å²) in [4.78, 5) is 19.6. The topological polar surface area (TPSA) is 60.2 Å². The lowest BCUT2D eigenvalue weighted by Crippen LogP contribution is -2.48. The second kappa shape index (κ2) is 5.50. The van der Waals surface area contributed by atoms with E-state index in [1.807, 2.05) is 24.0 Å². The summed E-state index contributed by atoms with van der Waals surface area (Å²) in [6, 6.07) is 5.84. The highest BCUT2D eigenvalue weighted by molar-refractivity contribution is 5.76. The van der Waals surface area contributed by atoms with Gasteiger partial charge in [-0.1, -0.05) is 6.92 Å². The van der Waals surface area contributed by atoms with Crippen LogP contribution in [0, 0.1) is 11.3 Å². The van der Waals surface area contributed by atoms with Gasteiger partial charge in [0.1, 0.15) is 6.07 Å². The fourth-order valence-electron chi connectivity index (χ4n) is 2.16. The molecule has 0 radical (unpaired) electrons. The van der Waals surface area contributed by atoms with Crippen molar-refractivity contribution in [1.82, 2.24) is 9.88 Å². The molecule has 1 saturated heterocycles. The van der Waals surface area contributed by atoms with Crippen molar-refractivity contribution < 1.29 is 4.79 Å². The van der Waals surface area contributed by atoms with E-state index in [1.165, 1.54) is 0 Å². The lowest BCUT2D eigenvalue weighted by atomic mass is 10.2. The van der Waals surface area contributed by atoms with Gasteiger partial charge in [0, 0.05) is 38.8 Å². The molecule has 2 rings (SSSR count).